The molecule has 0 aromatic rings. The maximum atomic E-state index is 8.47. The van der Waals surface area contributed by atoms with Gasteiger partial charge in [-0.3, -0.25) is 0 Å². The maximum absolute atomic E-state index is 8.47. The third kappa shape index (κ3) is 13.0. The smallest absolute Gasteiger partial charge is 0.0431 e. The third-order valence-electron chi connectivity index (χ3n) is 1.76. The Hall–Kier alpha value is -0.0400. The third-order valence-corrected chi connectivity index (χ3v) is 1.76. The minimum absolute atomic E-state index is 0. The van der Waals surface area contributed by atoms with Crippen molar-refractivity contribution < 1.29 is 5.11 Å². The fourth-order valence-electron chi connectivity index (χ4n) is 1.07. The summed E-state index contributed by atoms with van der Waals surface area (Å²) in [7, 11) is 0. The lowest BCUT2D eigenvalue weighted by Gasteiger charge is -1.97. The molecule has 0 bridgehead atoms. The number of aliphatic hydroxyl groups excluding tert-OH is 1. The van der Waals surface area contributed by atoms with E-state index in [9.17, 15) is 0 Å². The van der Waals surface area contributed by atoms with Crippen LogP contribution in [0.25, 0.3) is 0 Å². The van der Waals surface area contributed by atoms with Crippen LogP contribution >= 0.6 is 0 Å². The maximum Gasteiger partial charge on any atom is 0.0431 e. The molecule has 70 valence electrons. The van der Waals surface area contributed by atoms with Gasteiger partial charge in [0.25, 0.3) is 0 Å². The highest BCUT2D eigenvalue weighted by atomic mass is 16.2. The van der Waals surface area contributed by atoms with E-state index >= 15 is 0 Å². The van der Waals surface area contributed by atoms with Gasteiger partial charge in [0.1, 0.15) is 0 Å². The summed E-state index contributed by atoms with van der Waals surface area (Å²) in [6, 6.07) is 0. The van der Waals surface area contributed by atoms with Crippen LogP contribution in [0.5, 0.6) is 0 Å². The van der Waals surface area contributed by atoms with Crippen LogP contribution in [0, 0.1) is 0 Å². The van der Waals surface area contributed by atoms with Gasteiger partial charge in [-0.1, -0.05) is 52.9 Å². The normalized spacial score (nSPS) is 9.27. The second-order valence-electron chi connectivity index (χ2n) is 2.84. The Kier molecular flexibility index (Phi) is 15.5. The van der Waals surface area contributed by atoms with Crippen molar-refractivity contribution in [3.8, 4) is 0 Å². The van der Waals surface area contributed by atoms with Crippen LogP contribution in [0.4, 0.5) is 0 Å². The highest BCUT2D eigenvalue weighted by Gasteiger charge is 1.88. The van der Waals surface area contributed by atoms with Gasteiger partial charge in [-0.2, -0.15) is 0 Å². The molecular weight excluding hydrogens is 136 g/mol. The summed E-state index contributed by atoms with van der Waals surface area (Å²) < 4.78 is 0. The summed E-state index contributed by atoms with van der Waals surface area (Å²) in [5, 5.41) is 8.47. The van der Waals surface area contributed by atoms with Crippen LogP contribution in [0.1, 0.15) is 59.3 Å². The molecule has 0 saturated carbocycles. The van der Waals surface area contributed by atoms with E-state index in [2.05, 4.69) is 6.92 Å². The summed E-state index contributed by atoms with van der Waals surface area (Å²) in [5.74, 6) is 0. The molecule has 11 heavy (non-hydrogen) atoms. The van der Waals surface area contributed by atoms with Crippen LogP contribution in [0.2, 0.25) is 0 Å². The van der Waals surface area contributed by atoms with Crippen LogP contribution in [0.3, 0.4) is 0 Å². The Morgan fingerprint density at radius 2 is 1.27 bits per heavy atom. The summed E-state index contributed by atoms with van der Waals surface area (Å²) in [5.41, 5.74) is 0. The number of aliphatic hydroxyl groups is 1. The van der Waals surface area contributed by atoms with Gasteiger partial charge in [0.15, 0.2) is 0 Å². The minimum Gasteiger partial charge on any atom is -0.396 e. The molecule has 0 aliphatic carbocycles. The molecule has 0 spiro atoms. The lowest BCUT2D eigenvalue weighted by Crippen LogP contribution is -1.83. The molecule has 0 aromatic heterocycles. The van der Waals surface area contributed by atoms with E-state index in [0.717, 1.165) is 6.42 Å². The minimum atomic E-state index is 0. The predicted molar refractivity (Wildman–Crippen MR) is 51.8 cm³/mol. The van der Waals surface area contributed by atoms with Crippen molar-refractivity contribution in [2.45, 2.75) is 59.3 Å². The van der Waals surface area contributed by atoms with E-state index in [1.807, 2.05) is 0 Å². The average molecular weight is 160 g/mol. The first-order valence-corrected chi connectivity index (χ1v) is 4.52. The second kappa shape index (κ2) is 12.6. The summed E-state index contributed by atoms with van der Waals surface area (Å²) in [6.07, 6.45) is 8.93. The zero-order chi connectivity index (χ0) is 7.66. The van der Waals surface area contributed by atoms with Gasteiger partial charge in [-0.05, 0) is 6.42 Å². The summed E-state index contributed by atoms with van der Waals surface area (Å²) in [4.78, 5) is 0. The average Bonchev–Trinajstić information content (AvgIpc) is 1.97. The van der Waals surface area contributed by atoms with Crippen molar-refractivity contribution in [2.75, 3.05) is 6.61 Å². The molecule has 1 N–H and O–H groups in total. The topological polar surface area (TPSA) is 20.2 Å². The predicted octanol–water partition coefficient (Wildman–Crippen LogP) is 3.37. The van der Waals surface area contributed by atoms with E-state index in [4.69, 9.17) is 5.11 Å². The van der Waals surface area contributed by atoms with Crippen LogP contribution in [-0.2, 0) is 0 Å². The lowest BCUT2D eigenvalue weighted by molar-refractivity contribution is 0.282. The summed E-state index contributed by atoms with van der Waals surface area (Å²) >= 11 is 0. The van der Waals surface area contributed by atoms with Gasteiger partial charge in [0, 0.05) is 6.61 Å². The molecule has 0 radical (unpaired) electrons. The van der Waals surface area contributed by atoms with Gasteiger partial charge in [-0.15, -0.1) is 0 Å². The van der Waals surface area contributed by atoms with E-state index in [0.29, 0.717) is 6.61 Å². The number of rotatable bonds is 7. The first-order chi connectivity index (χ1) is 4.91. The van der Waals surface area contributed by atoms with E-state index in [1.54, 1.807) is 0 Å². The molecule has 0 atom stereocenters. The standard InChI is InChI=1S/C9H20O.CH4/c1-2-3-4-5-6-7-8-9-10;/h10H,2-9H2,1H3;1H4. The zero-order valence-corrected chi connectivity index (χ0v) is 7.10. The van der Waals surface area contributed by atoms with Crippen LogP contribution in [0.15, 0.2) is 0 Å². The Labute approximate surface area is 71.8 Å². The number of unbranched alkanes of at least 4 members (excludes halogenated alkanes) is 6. The van der Waals surface area contributed by atoms with Crippen molar-refractivity contribution in [2.24, 2.45) is 0 Å². The van der Waals surface area contributed by atoms with Gasteiger partial charge >= 0.3 is 0 Å². The molecule has 0 aromatic carbocycles. The van der Waals surface area contributed by atoms with Gasteiger partial charge < -0.3 is 5.11 Å². The fourth-order valence-corrected chi connectivity index (χ4v) is 1.07. The second-order valence-corrected chi connectivity index (χ2v) is 2.84. The quantitative estimate of drug-likeness (QED) is 0.566. The first-order valence-electron chi connectivity index (χ1n) is 4.52. The molecule has 0 amide bonds. The molecule has 1 nitrogen and oxygen atoms in total. The highest BCUT2D eigenvalue weighted by molar-refractivity contribution is 4.43. The van der Waals surface area contributed by atoms with Crippen molar-refractivity contribution >= 4 is 0 Å². The largest absolute Gasteiger partial charge is 0.396 e. The molecule has 0 heterocycles. The molecule has 1 heteroatoms. The van der Waals surface area contributed by atoms with Gasteiger partial charge in [0.2, 0.25) is 0 Å². The van der Waals surface area contributed by atoms with Gasteiger partial charge in [0.05, 0.1) is 0 Å². The molecular formula is C10H24O. The molecule has 0 saturated heterocycles. The van der Waals surface area contributed by atoms with E-state index < -0.39 is 0 Å². The molecule has 0 rings (SSSR count). The molecule has 0 fully saturated rings. The highest BCUT2D eigenvalue weighted by Crippen LogP contribution is 2.05. The van der Waals surface area contributed by atoms with Crippen LogP contribution < -0.4 is 0 Å². The van der Waals surface area contributed by atoms with Crippen molar-refractivity contribution in [1.82, 2.24) is 0 Å². The monoisotopic (exact) mass is 160 g/mol. The Morgan fingerprint density at radius 3 is 1.73 bits per heavy atom. The molecule has 0 aliphatic heterocycles. The van der Waals surface area contributed by atoms with Gasteiger partial charge in [-0.25, -0.2) is 0 Å². The Morgan fingerprint density at radius 1 is 0.818 bits per heavy atom. The molecule has 0 unspecified atom stereocenters. The van der Waals surface area contributed by atoms with E-state index in [1.165, 1.54) is 38.5 Å². The first kappa shape index (κ1) is 13.5. The SMILES string of the molecule is C.CCCCCCCCCO. The Balaban J connectivity index is 0. The van der Waals surface area contributed by atoms with Crippen LogP contribution in [-0.4, -0.2) is 11.7 Å². The molecule has 0 aliphatic rings. The van der Waals surface area contributed by atoms with Crippen molar-refractivity contribution in [3.63, 3.8) is 0 Å². The fraction of sp³-hybridized carbons (Fsp3) is 1.00. The van der Waals surface area contributed by atoms with Crippen molar-refractivity contribution in [1.29, 1.82) is 0 Å². The Bertz CT molecular complexity index is 44.8. The number of hydrogen-bond acceptors (Lipinski definition) is 1. The summed E-state index contributed by atoms with van der Waals surface area (Å²) in [6.45, 7) is 2.60. The zero-order valence-electron chi connectivity index (χ0n) is 7.10. The van der Waals surface area contributed by atoms with Crippen molar-refractivity contribution in [3.05, 3.63) is 0 Å². The lowest BCUT2D eigenvalue weighted by atomic mass is 10.1. The number of hydrogen-bond donors (Lipinski definition) is 1. The van der Waals surface area contributed by atoms with E-state index in [-0.39, 0.29) is 7.43 Å².